The molecule has 73 heavy (non-hydrogen) atoms. The molecule has 0 fully saturated rings. The fraction of sp³-hybridized carbons (Fsp3) is 0.838. The number of hydrogen-bond donors (Lipinski definition) is 4. The molecule has 0 radical (unpaired) electrons. The summed E-state index contributed by atoms with van der Waals surface area (Å²) in [5.41, 5.74) is 0. The van der Waals surface area contributed by atoms with Crippen LogP contribution in [0.5, 0.6) is 0 Å². The smallest absolute Gasteiger partial charge is 0.249 e. The molecule has 5 heteroatoms. The number of nitrogens with one attached hydrogen (secondary N) is 1. The fourth-order valence-electron chi connectivity index (χ4n) is 10.0. The highest BCUT2D eigenvalue weighted by atomic mass is 16.3. The lowest BCUT2D eigenvalue weighted by Gasteiger charge is -2.21. The van der Waals surface area contributed by atoms with Crippen molar-refractivity contribution >= 4 is 5.91 Å². The molecule has 0 aliphatic carbocycles. The second-order valence-electron chi connectivity index (χ2n) is 22.3. The zero-order chi connectivity index (χ0) is 52.9. The van der Waals surface area contributed by atoms with Crippen molar-refractivity contribution < 1.29 is 20.1 Å². The van der Waals surface area contributed by atoms with Crippen LogP contribution in [0.3, 0.4) is 0 Å². The van der Waals surface area contributed by atoms with E-state index in [4.69, 9.17) is 0 Å². The summed E-state index contributed by atoms with van der Waals surface area (Å²) >= 11 is 0. The Hall–Kier alpha value is -1.95. The minimum absolute atomic E-state index is 0.381. The Kier molecular flexibility index (Phi) is 60.9. The summed E-state index contributed by atoms with van der Waals surface area (Å²) in [6.45, 7) is 4.20. The van der Waals surface area contributed by atoms with Gasteiger partial charge in [0.05, 0.1) is 18.8 Å². The molecule has 0 saturated heterocycles. The number of unbranched alkanes of at least 4 members (excludes halogenated alkanes) is 44. The molecule has 0 rings (SSSR count). The number of allylic oxidation sites excluding steroid dienone is 9. The Morgan fingerprint density at radius 3 is 0.918 bits per heavy atom. The maximum atomic E-state index is 12.6. The Morgan fingerprint density at radius 2 is 0.603 bits per heavy atom. The molecule has 1 amide bonds. The second-order valence-corrected chi connectivity index (χ2v) is 22.3. The van der Waals surface area contributed by atoms with Gasteiger partial charge in [-0.1, -0.05) is 325 Å². The van der Waals surface area contributed by atoms with Gasteiger partial charge in [-0.3, -0.25) is 4.79 Å². The SMILES string of the molecule is CCCCCCCCCCCCC/C=C\C/C=C\CCCCCCCCCCCCCCCCCCC(O)C(=O)NC(CO)C(O)/C=C/CC/C=C/CC/C=C/CCCCCCCCCCCCCCCCC. The summed E-state index contributed by atoms with van der Waals surface area (Å²) in [6.07, 6.45) is 86.3. The van der Waals surface area contributed by atoms with Gasteiger partial charge in [-0.05, 0) is 77.0 Å². The number of aliphatic hydroxyl groups is 3. The number of amides is 1. The van der Waals surface area contributed by atoms with Crippen LogP contribution in [0.2, 0.25) is 0 Å². The van der Waals surface area contributed by atoms with Gasteiger partial charge in [0.15, 0.2) is 0 Å². The molecule has 0 aliphatic rings. The van der Waals surface area contributed by atoms with Crippen LogP contribution in [0.1, 0.15) is 341 Å². The van der Waals surface area contributed by atoms with E-state index in [1.54, 1.807) is 6.08 Å². The fourth-order valence-corrected chi connectivity index (χ4v) is 10.0. The molecule has 5 nitrogen and oxygen atoms in total. The summed E-state index contributed by atoms with van der Waals surface area (Å²) < 4.78 is 0. The van der Waals surface area contributed by atoms with Gasteiger partial charge in [-0.15, -0.1) is 0 Å². The zero-order valence-corrected chi connectivity index (χ0v) is 49.0. The van der Waals surface area contributed by atoms with Crippen molar-refractivity contribution in [1.82, 2.24) is 5.32 Å². The highest BCUT2D eigenvalue weighted by molar-refractivity contribution is 5.80. The predicted octanol–water partition coefficient (Wildman–Crippen LogP) is 20.9. The molecule has 0 bridgehead atoms. The molecule has 0 saturated carbocycles. The Morgan fingerprint density at radius 1 is 0.342 bits per heavy atom. The summed E-state index contributed by atoms with van der Waals surface area (Å²) in [5.74, 6) is -0.514. The standard InChI is InChI=1S/C68H127NO4/c1-3-5-7-9-11-13-15-17-19-21-23-25-27-29-30-31-32-33-34-35-36-37-39-41-43-45-47-49-51-53-55-57-59-61-63-67(72)68(73)69-65(64-70)66(71)62-60-58-56-54-52-50-48-46-44-42-40-38-28-26-24-22-20-18-16-14-12-10-8-6-4-2/h27,29,31-32,44,46,52,54,60,62,65-67,70-72H,3-26,28,30,33-43,45,47-51,53,55-59,61,63-64H2,1-2H3,(H,69,73)/b29-27-,32-31-,46-44+,54-52+,62-60+. The van der Waals surface area contributed by atoms with Gasteiger partial charge in [0.1, 0.15) is 6.10 Å². The van der Waals surface area contributed by atoms with Crippen LogP contribution >= 0.6 is 0 Å². The van der Waals surface area contributed by atoms with Crippen LogP contribution in [0.15, 0.2) is 60.8 Å². The largest absolute Gasteiger partial charge is 0.394 e. The topological polar surface area (TPSA) is 89.8 Å². The van der Waals surface area contributed by atoms with E-state index in [2.05, 4.69) is 67.8 Å². The number of carbonyl (C=O) groups is 1. The van der Waals surface area contributed by atoms with Crippen molar-refractivity contribution in [3.05, 3.63) is 60.8 Å². The summed E-state index contributed by atoms with van der Waals surface area (Å²) in [7, 11) is 0. The molecule has 0 aromatic rings. The molecular weight excluding hydrogens is 895 g/mol. The second kappa shape index (κ2) is 62.6. The van der Waals surface area contributed by atoms with Crippen LogP contribution in [-0.2, 0) is 4.79 Å². The number of hydrogen-bond acceptors (Lipinski definition) is 4. The predicted molar refractivity (Wildman–Crippen MR) is 324 cm³/mol. The molecular formula is C68H127NO4. The van der Waals surface area contributed by atoms with E-state index < -0.39 is 24.2 Å². The van der Waals surface area contributed by atoms with Gasteiger partial charge in [0.2, 0.25) is 5.91 Å². The quantitative estimate of drug-likeness (QED) is 0.0361. The normalized spacial score (nSPS) is 13.5. The first-order valence-electron chi connectivity index (χ1n) is 32.6. The maximum Gasteiger partial charge on any atom is 0.249 e. The lowest BCUT2D eigenvalue weighted by molar-refractivity contribution is -0.131. The third-order valence-corrected chi connectivity index (χ3v) is 15.1. The highest BCUT2D eigenvalue weighted by Crippen LogP contribution is 2.18. The maximum absolute atomic E-state index is 12.6. The van der Waals surface area contributed by atoms with Gasteiger partial charge in [0, 0.05) is 0 Å². The lowest BCUT2D eigenvalue weighted by Crippen LogP contribution is -2.48. The minimum atomic E-state index is -1.11. The van der Waals surface area contributed by atoms with Crippen molar-refractivity contribution in [2.45, 2.75) is 360 Å². The number of aliphatic hydroxyl groups excluding tert-OH is 3. The van der Waals surface area contributed by atoms with Crippen molar-refractivity contribution in [2.75, 3.05) is 6.61 Å². The van der Waals surface area contributed by atoms with Crippen LogP contribution < -0.4 is 5.32 Å². The van der Waals surface area contributed by atoms with E-state index in [0.717, 1.165) is 51.4 Å². The highest BCUT2D eigenvalue weighted by Gasteiger charge is 2.22. The van der Waals surface area contributed by atoms with E-state index in [0.29, 0.717) is 6.42 Å². The summed E-state index contributed by atoms with van der Waals surface area (Å²) in [4.78, 5) is 12.6. The number of carbonyl (C=O) groups excluding carboxylic acids is 1. The average molecular weight is 1020 g/mol. The van der Waals surface area contributed by atoms with E-state index >= 15 is 0 Å². The van der Waals surface area contributed by atoms with Crippen LogP contribution in [0.25, 0.3) is 0 Å². The third-order valence-electron chi connectivity index (χ3n) is 15.1. The van der Waals surface area contributed by atoms with Gasteiger partial charge < -0.3 is 20.6 Å². The first kappa shape index (κ1) is 71.0. The summed E-state index contributed by atoms with van der Waals surface area (Å²) in [5, 5.41) is 33.4. The van der Waals surface area contributed by atoms with Gasteiger partial charge in [-0.25, -0.2) is 0 Å². The zero-order valence-electron chi connectivity index (χ0n) is 49.0. The minimum Gasteiger partial charge on any atom is -0.394 e. The van der Waals surface area contributed by atoms with Gasteiger partial charge in [0.25, 0.3) is 0 Å². The number of rotatable bonds is 60. The van der Waals surface area contributed by atoms with E-state index in [9.17, 15) is 20.1 Å². The first-order valence-corrected chi connectivity index (χ1v) is 32.6. The molecule has 0 spiro atoms. The van der Waals surface area contributed by atoms with Crippen LogP contribution in [0, 0.1) is 0 Å². The third kappa shape index (κ3) is 57.6. The molecule has 0 aromatic carbocycles. The van der Waals surface area contributed by atoms with E-state index in [1.807, 2.05) is 6.08 Å². The Labute approximate surface area is 456 Å². The lowest BCUT2D eigenvalue weighted by atomic mass is 10.0. The Balaban J connectivity index is 3.58. The monoisotopic (exact) mass is 1020 g/mol. The van der Waals surface area contributed by atoms with Crippen LogP contribution in [0.4, 0.5) is 0 Å². The first-order chi connectivity index (χ1) is 36.1. The summed E-state index contributed by atoms with van der Waals surface area (Å²) in [6, 6.07) is -0.824. The van der Waals surface area contributed by atoms with Crippen molar-refractivity contribution in [3.63, 3.8) is 0 Å². The van der Waals surface area contributed by atoms with Crippen molar-refractivity contribution in [1.29, 1.82) is 0 Å². The van der Waals surface area contributed by atoms with Crippen molar-refractivity contribution in [3.8, 4) is 0 Å². The van der Waals surface area contributed by atoms with Gasteiger partial charge in [-0.2, -0.15) is 0 Å². The molecule has 3 atom stereocenters. The molecule has 428 valence electrons. The van der Waals surface area contributed by atoms with E-state index in [-0.39, 0.29) is 6.61 Å². The Bertz CT molecular complexity index is 1220. The molecule has 3 unspecified atom stereocenters. The van der Waals surface area contributed by atoms with Crippen LogP contribution in [-0.4, -0.2) is 46.1 Å². The molecule has 4 N–H and O–H groups in total. The average Bonchev–Trinajstić information content (AvgIpc) is 3.40. The van der Waals surface area contributed by atoms with Gasteiger partial charge >= 0.3 is 0 Å². The molecule has 0 heterocycles. The van der Waals surface area contributed by atoms with Crippen molar-refractivity contribution in [2.24, 2.45) is 0 Å². The molecule has 0 aromatic heterocycles. The molecule has 0 aliphatic heterocycles. The van der Waals surface area contributed by atoms with E-state index in [1.165, 1.54) is 270 Å².